The Morgan fingerprint density at radius 1 is 1.57 bits per heavy atom. The van der Waals surface area contributed by atoms with Gasteiger partial charge in [-0.25, -0.2) is 0 Å². The Hall–Kier alpha value is -1.02. The molecular formula is C12H17NO. The molecule has 1 aromatic rings. The van der Waals surface area contributed by atoms with Crippen LogP contribution in [0.4, 0.5) is 0 Å². The minimum absolute atomic E-state index is 0.229. The minimum atomic E-state index is 0.229. The lowest BCUT2D eigenvalue weighted by atomic mass is 10.0. The van der Waals surface area contributed by atoms with Gasteiger partial charge < -0.3 is 10.5 Å². The molecule has 2 N–H and O–H groups in total. The molecule has 2 nitrogen and oxygen atoms in total. The van der Waals surface area contributed by atoms with Gasteiger partial charge >= 0.3 is 0 Å². The highest BCUT2D eigenvalue weighted by Gasteiger charge is 2.18. The first-order chi connectivity index (χ1) is 6.65. The van der Waals surface area contributed by atoms with Crippen LogP contribution in [0.5, 0.6) is 5.75 Å². The van der Waals surface area contributed by atoms with Gasteiger partial charge in [0.1, 0.15) is 11.9 Å². The quantitative estimate of drug-likeness (QED) is 0.775. The zero-order valence-corrected chi connectivity index (χ0v) is 8.79. The summed E-state index contributed by atoms with van der Waals surface area (Å²) in [5, 5.41) is 0. The largest absolute Gasteiger partial charge is 0.490 e. The Balaban J connectivity index is 2.20. The van der Waals surface area contributed by atoms with E-state index in [1.54, 1.807) is 0 Å². The normalized spacial score (nSPS) is 21.5. The van der Waals surface area contributed by atoms with Crippen LogP contribution >= 0.6 is 0 Å². The van der Waals surface area contributed by atoms with Crippen LogP contribution in [-0.2, 0) is 12.8 Å². The van der Waals surface area contributed by atoms with E-state index < -0.39 is 0 Å². The molecule has 2 atom stereocenters. The van der Waals surface area contributed by atoms with Crippen LogP contribution in [0.15, 0.2) is 18.2 Å². The van der Waals surface area contributed by atoms with Gasteiger partial charge in [0.2, 0.25) is 0 Å². The van der Waals surface area contributed by atoms with Crippen molar-refractivity contribution in [1.29, 1.82) is 0 Å². The Morgan fingerprint density at radius 3 is 3.07 bits per heavy atom. The van der Waals surface area contributed by atoms with Crippen LogP contribution < -0.4 is 10.5 Å². The summed E-state index contributed by atoms with van der Waals surface area (Å²) in [6.07, 6.45) is 2.31. The van der Waals surface area contributed by atoms with Crippen molar-refractivity contribution in [2.45, 2.75) is 38.8 Å². The summed E-state index contributed by atoms with van der Waals surface area (Å²) in [5.41, 5.74) is 8.41. The van der Waals surface area contributed by atoms with Crippen LogP contribution in [0.25, 0.3) is 0 Å². The van der Waals surface area contributed by atoms with E-state index in [2.05, 4.69) is 25.1 Å². The summed E-state index contributed by atoms with van der Waals surface area (Å²) in [4.78, 5) is 0. The average molecular weight is 191 g/mol. The fourth-order valence-electron chi connectivity index (χ4n) is 1.97. The third kappa shape index (κ3) is 1.90. The molecule has 0 saturated heterocycles. The maximum atomic E-state index is 5.77. The van der Waals surface area contributed by atoms with E-state index in [4.69, 9.17) is 10.5 Å². The predicted octanol–water partition coefficient (Wildman–Crippen LogP) is 1.90. The fraction of sp³-hybridized carbons (Fsp3) is 0.500. The first kappa shape index (κ1) is 9.53. The third-order valence-electron chi connectivity index (χ3n) is 2.52. The lowest BCUT2D eigenvalue weighted by Crippen LogP contribution is -2.17. The molecule has 0 amide bonds. The standard InChI is InChI=1S/C12H17NO/c1-8(13)5-10-3-4-12-11(7-10)6-9(2)14-12/h3-4,7-9H,5-6,13H2,1-2H3/t8-,9?/m1/s1. The van der Waals surface area contributed by atoms with Crippen molar-refractivity contribution in [3.05, 3.63) is 29.3 Å². The van der Waals surface area contributed by atoms with Gasteiger partial charge in [-0.3, -0.25) is 0 Å². The minimum Gasteiger partial charge on any atom is -0.490 e. The van der Waals surface area contributed by atoms with E-state index in [0.717, 1.165) is 18.6 Å². The molecular weight excluding hydrogens is 174 g/mol. The van der Waals surface area contributed by atoms with Crippen LogP contribution in [0.3, 0.4) is 0 Å². The van der Waals surface area contributed by atoms with Gasteiger partial charge in [0, 0.05) is 12.5 Å². The maximum absolute atomic E-state index is 5.77. The second kappa shape index (κ2) is 3.62. The van der Waals surface area contributed by atoms with Crippen LogP contribution in [0.1, 0.15) is 25.0 Å². The topological polar surface area (TPSA) is 35.2 Å². The highest BCUT2D eigenvalue weighted by molar-refractivity contribution is 5.40. The molecule has 1 aliphatic rings. The smallest absolute Gasteiger partial charge is 0.123 e. The Labute approximate surface area is 85.1 Å². The molecule has 1 aliphatic heterocycles. The first-order valence-electron chi connectivity index (χ1n) is 5.19. The van der Waals surface area contributed by atoms with Gasteiger partial charge in [-0.05, 0) is 37.5 Å². The highest BCUT2D eigenvalue weighted by atomic mass is 16.5. The lowest BCUT2D eigenvalue weighted by Gasteiger charge is -2.06. The van der Waals surface area contributed by atoms with E-state index in [1.165, 1.54) is 11.1 Å². The van der Waals surface area contributed by atoms with E-state index >= 15 is 0 Å². The van der Waals surface area contributed by atoms with E-state index in [-0.39, 0.29) is 6.04 Å². The molecule has 76 valence electrons. The van der Waals surface area contributed by atoms with Crippen molar-refractivity contribution in [2.24, 2.45) is 5.73 Å². The molecule has 0 fully saturated rings. The summed E-state index contributed by atoms with van der Waals surface area (Å²) >= 11 is 0. The SMILES string of the molecule is CC1Cc2cc(C[C@@H](C)N)ccc2O1. The van der Waals surface area contributed by atoms with Gasteiger partial charge in [0.15, 0.2) is 0 Å². The zero-order valence-electron chi connectivity index (χ0n) is 8.79. The molecule has 0 aromatic heterocycles. The van der Waals surface area contributed by atoms with Crippen molar-refractivity contribution in [2.75, 3.05) is 0 Å². The summed E-state index contributed by atoms with van der Waals surface area (Å²) in [6.45, 7) is 4.14. The van der Waals surface area contributed by atoms with Crippen LogP contribution in [0.2, 0.25) is 0 Å². The molecule has 1 unspecified atom stereocenters. The summed E-state index contributed by atoms with van der Waals surface area (Å²) < 4.78 is 5.64. The van der Waals surface area contributed by atoms with Gasteiger partial charge in [0.05, 0.1) is 0 Å². The van der Waals surface area contributed by atoms with Gasteiger partial charge in [-0.1, -0.05) is 12.1 Å². The van der Waals surface area contributed by atoms with Crippen molar-refractivity contribution in [3.63, 3.8) is 0 Å². The molecule has 0 saturated carbocycles. The molecule has 1 aromatic carbocycles. The molecule has 2 heteroatoms. The number of nitrogens with two attached hydrogens (primary N) is 1. The van der Waals surface area contributed by atoms with Crippen molar-refractivity contribution in [3.8, 4) is 5.75 Å². The summed E-state index contributed by atoms with van der Waals surface area (Å²) in [7, 11) is 0. The first-order valence-corrected chi connectivity index (χ1v) is 5.19. The van der Waals surface area contributed by atoms with Crippen LogP contribution in [0, 0.1) is 0 Å². The number of hydrogen-bond acceptors (Lipinski definition) is 2. The molecule has 0 radical (unpaired) electrons. The second-order valence-corrected chi connectivity index (χ2v) is 4.26. The van der Waals surface area contributed by atoms with Gasteiger partial charge in [0.25, 0.3) is 0 Å². The van der Waals surface area contributed by atoms with Crippen molar-refractivity contribution < 1.29 is 4.74 Å². The van der Waals surface area contributed by atoms with E-state index in [1.807, 2.05) is 6.92 Å². The molecule has 2 rings (SSSR count). The average Bonchev–Trinajstić information content (AvgIpc) is 2.42. The van der Waals surface area contributed by atoms with Crippen molar-refractivity contribution >= 4 is 0 Å². The molecule has 0 aliphatic carbocycles. The molecule has 1 heterocycles. The van der Waals surface area contributed by atoms with Crippen LogP contribution in [-0.4, -0.2) is 12.1 Å². The van der Waals surface area contributed by atoms with Crippen molar-refractivity contribution in [1.82, 2.24) is 0 Å². The Kier molecular flexibility index (Phi) is 2.46. The number of fused-ring (bicyclic) bond motifs is 1. The monoisotopic (exact) mass is 191 g/mol. The van der Waals surface area contributed by atoms with E-state index in [9.17, 15) is 0 Å². The summed E-state index contributed by atoms with van der Waals surface area (Å²) in [5.74, 6) is 1.05. The molecule has 0 bridgehead atoms. The Morgan fingerprint density at radius 2 is 2.36 bits per heavy atom. The summed E-state index contributed by atoms with van der Waals surface area (Å²) in [6, 6.07) is 6.63. The third-order valence-corrected chi connectivity index (χ3v) is 2.52. The number of hydrogen-bond donors (Lipinski definition) is 1. The highest BCUT2D eigenvalue weighted by Crippen LogP contribution is 2.29. The van der Waals surface area contributed by atoms with E-state index in [0.29, 0.717) is 6.10 Å². The Bertz CT molecular complexity index is 333. The van der Waals surface area contributed by atoms with Gasteiger partial charge in [-0.15, -0.1) is 0 Å². The number of ether oxygens (including phenoxy) is 1. The zero-order chi connectivity index (χ0) is 10.1. The number of benzene rings is 1. The predicted molar refractivity (Wildman–Crippen MR) is 57.6 cm³/mol. The van der Waals surface area contributed by atoms with Gasteiger partial charge in [-0.2, -0.15) is 0 Å². The maximum Gasteiger partial charge on any atom is 0.123 e. The fourth-order valence-corrected chi connectivity index (χ4v) is 1.97. The molecule has 14 heavy (non-hydrogen) atoms. The molecule has 0 spiro atoms. The number of rotatable bonds is 2. The second-order valence-electron chi connectivity index (χ2n) is 4.26. The lowest BCUT2D eigenvalue weighted by molar-refractivity contribution is 0.254.